The fourth-order valence-corrected chi connectivity index (χ4v) is 2.60. The molecule has 0 amide bonds. The summed E-state index contributed by atoms with van der Waals surface area (Å²) in [6.45, 7) is 0. The zero-order valence-corrected chi connectivity index (χ0v) is 10.2. The summed E-state index contributed by atoms with van der Waals surface area (Å²) in [6, 6.07) is 1.87. The number of alkyl halides is 2. The van der Waals surface area contributed by atoms with Crippen molar-refractivity contribution in [3.63, 3.8) is 0 Å². The third kappa shape index (κ3) is 2.37. The number of carboxylic acid groups (broad SMARTS) is 1. The van der Waals surface area contributed by atoms with E-state index < -0.39 is 53.5 Å². The molecule has 1 aliphatic rings. The van der Waals surface area contributed by atoms with Crippen molar-refractivity contribution in [3.8, 4) is 0 Å². The molecule has 1 fully saturated rings. The SMILES string of the molecule is O=C([O-])[C@](O)(c1ccc(F)cc1F)[C@@H]1CCC(F)(F)C1. The Kier molecular flexibility index (Phi) is 3.49. The molecule has 2 rings (SSSR count). The number of rotatable bonds is 3. The molecule has 0 heterocycles. The first-order valence-corrected chi connectivity index (χ1v) is 5.94. The Hall–Kier alpha value is -1.63. The largest absolute Gasteiger partial charge is 0.547 e. The molecule has 1 aromatic carbocycles. The number of aliphatic carboxylic acids is 1. The zero-order valence-electron chi connectivity index (χ0n) is 10.2. The van der Waals surface area contributed by atoms with Gasteiger partial charge in [0.15, 0.2) is 0 Å². The van der Waals surface area contributed by atoms with Crippen LogP contribution in [0.5, 0.6) is 0 Å². The average molecular weight is 291 g/mol. The van der Waals surface area contributed by atoms with Crippen molar-refractivity contribution < 1.29 is 32.6 Å². The van der Waals surface area contributed by atoms with Crippen LogP contribution >= 0.6 is 0 Å². The molecular weight excluding hydrogens is 280 g/mol. The molecule has 0 aliphatic heterocycles. The van der Waals surface area contributed by atoms with Gasteiger partial charge in [-0.25, -0.2) is 17.6 Å². The van der Waals surface area contributed by atoms with Gasteiger partial charge in [-0.3, -0.25) is 0 Å². The Balaban J connectivity index is 2.47. The van der Waals surface area contributed by atoms with E-state index >= 15 is 0 Å². The Morgan fingerprint density at radius 2 is 2.05 bits per heavy atom. The lowest BCUT2D eigenvalue weighted by Crippen LogP contribution is -2.51. The maximum atomic E-state index is 13.7. The average Bonchev–Trinajstić information content (AvgIpc) is 2.69. The maximum Gasteiger partial charge on any atom is 0.248 e. The number of carbonyl (C=O) groups is 1. The van der Waals surface area contributed by atoms with Gasteiger partial charge in [0, 0.05) is 30.4 Å². The summed E-state index contributed by atoms with van der Waals surface area (Å²) in [5.74, 6) is -8.88. The molecule has 7 heteroatoms. The number of aliphatic hydroxyl groups is 1. The van der Waals surface area contributed by atoms with Crippen LogP contribution in [0.3, 0.4) is 0 Å². The molecule has 110 valence electrons. The molecule has 1 saturated carbocycles. The molecule has 20 heavy (non-hydrogen) atoms. The zero-order chi connectivity index (χ0) is 15.1. The van der Waals surface area contributed by atoms with Crippen molar-refractivity contribution in [2.45, 2.75) is 30.8 Å². The molecule has 1 N–H and O–H groups in total. The van der Waals surface area contributed by atoms with Gasteiger partial charge in [-0.2, -0.15) is 0 Å². The smallest absolute Gasteiger partial charge is 0.248 e. The van der Waals surface area contributed by atoms with Crippen molar-refractivity contribution in [1.82, 2.24) is 0 Å². The van der Waals surface area contributed by atoms with E-state index in [1.807, 2.05) is 0 Å². The molecule has 0 spiro atoms. The van der Waals surface area contributed by atoms with Crippen LogP contribution in [-0.2, 0) is 10.4 Å². The van der Waals surface area contributed by atoms with Crippen LogP contribution < -0.4 is 5.11 Å². The standard InChI is InChI=1S/C13H12F4O3/c14-8-1-2-9(10(15)5-8)13(20,11(18)19)7-3-4-12(16,17)6-7/h1-2,5,7,20H,3-4,6H2,(H,18,19)/p-1/t7-,13-/m1/s1. The summed E-state index contributed by atoms with van der Waals surface area (Å²) in [7, 11) is 0. The molecule has 2 atom stereocenters. The minimum Gasteiger partial charge on any atom is -0.547 e. The molecule has 0 aromatic heterocycles. The highest BCUT2D eigenvalue weighted by Gasteiger charge is 2.51. The van der Waals surface area contributed by atoms with Crippen LogP contribution in [0, 0.1) is 17.6 Å². The summed E-state index contributed by atoms with van der Waals surface area (Å²) in [5, 5.41) is 21.4. The van der Waals surface area contributed by atoms with Gasteiger partial charge in [0.25, 0.3) is 0 Å². The van der Waals surface area contributed by atoms with E-state index in [0.717, 1.165) is 12.1 Å². The molecule has 0 bridgehead atoms. The highest BCUT2D eigenvalue weighted by molar-refractivity contribution is 5.78. The normalized spacial score (nSPS) is 24.4. The number of carbonyl (C=O) groups excluding carboxylic acids is 1. The van der Waals surface area contributed by atoms with Crippen molar-refractivity contribution in [3.05, 3.63) is 35.4 Å². The van der Waals surface area contributed by atoms with E-state index in [0.29, 0.717) is 6.07 Å². The Morgan fingerprint density at radius 3 is 2.50 bits per heavy atom. The second kappa shape index (κ2) is 4.73. The summed E-state index contributed by atoms with van der Waals surface area (Å²) >= 11 is 0. The highest BCUT2D eigenvalue weighted by atomic mass is 19.3. The quantitative estimate of drug-likeness (QED) is 0.855. The first-order valence-electron chi connectivity index (χ1n) is 5.94. The first-order chi connectivity index (χ1) is 9.17. The molecule has 0 unspecified atom stereocenters. The highest BCUT2D eigenvalue weighted by Crippen LogP contribution is 2.47. The Morgan fingerprint density at radius 1 is 1.40 bits per heavy atom. The minimum absolute atomic E-state index is 0.297. The van der Waals surface area contributed by atoms with Crippen molar-refractivity contribution >= 4 is 5.97 Å². The van der Waals surface area contributed by atoms with Gasteiger partial charge in [0.1, 0.15) is 17.2 Å². The van der Waals surface area contributed by atoms with Crippen LogP contribution in [0.25, 0.3) is 0 Å². The van der Waals surface area contributed by atoms with E-state index in [1.54, 1.807) is 0 Å². The van der Waals surface area contributed by atoms with Gasteiger partial charge in [-0.05, 0) is 18.6 Å². The Labute approximate surface area is 111 Å². The molecular formula is C13H11F4O3-. The Bertz CT molecular complexity index is 546. The van der Waals surface area contributed by atoms with Gasteiger partial charge in [-0.1, -0.05) is 0 Å². The second-order valence-corrected chi connectivity index (χ2v) is 4.97. The van der Waals surface area contributed by atoms with Crippen LogP contribution in [-0.4, -0.2) is 17.0 Å². The van der Waals surface area contributed by atoms with Crippen LogP contribution in [0.15, 0.2) is 18.2 Å². The summed E-state index contributed by atoms with van der Waals surface area (Å²) < 4.78 is 52.9. The number of hydrogen-bond donors (Lipinski definition) is 1. The van der Waals surface area contributed by atoms with E-state index in [2.05, 4.69) is 0 Å². The third-order valence-corrected chi connectivity index (χ3v) is 3.65. The molecule has 3 nitrogen and oxygen atoms in total. The molecule has 1 aromatic rings. The fourth-order valence-electron chi connectivity index (χ4n) is 2.60. The second-order valence-electron chi connectivity index (χ2n) is 4.97. The van der Waals surface area contributed by atoms with Crippen LogP contribution in [0.2, 0.25) is 0 Å². The lowest BCUT2D eigenvalue weighted by atomic mass is 9.79. The number of halogens is 4. The van der Waals surface area contributed by atoms with Gasteiger partial charge < -0.3 is 15.0 Å². The topological polar surface area (TPSA) is 60.4 Å². The third-order valence-electron chi connectivity index (χ3n) is 3.65. The summed E-state index contributed by atoms with van der Waals surface area (Å²) in [6.07, 6.45) is -1.79. The molecule has 1 aliphatic carbocycles. The van der Waals surface area contributed by atoms with Gasteiger partial charge in [0.2, 0.25) is 5.92 Å². The number of benzene rings is 1. The van der Waals surface area contributed by atoms with E-state index in [4.69, 9.17) is 0 Å². The van der Waals surface area contributed by atoms with Gasteiger partial charge >= 0.3 is 0 Å². The monoisotopic (exact) mass is 291 g/mol. The van der Waals surface area contributed by atoms with Gasteiger partial charge in [-0.15, -0.1) is 0 Å². The number of carboxylic acids is 1. The lowest BCUT2D eigenvalue weighted by molar-refractivity contribution is -0.330. The lowest BCUT2D eigenvalue weighted by Gasteiger charge is -2.35. The van der Waals surface area contributed by atoms with E-state index in [9.17, 15) is 32.6 Å². The fraction of sp³-hybridized carbons (Fsp3) is 0.462. The number of hydrogen-bond acceptors (Lipinski definition) is 3. The van der Waals surface area contributed by atoms with Crippen LogP contribution in [0.4, 0.5) is 17.6 Å². The molecule has 0 saturated heterocycles. The minimum atomic E-state index is -3.12. The summed E-state index contributed by atoms with van der Waals surface area (Å²) in [4.78, 5) is 11.2. The predicted octanol–water partition coefficient (Wildman–Crippen LogP) is 1.34. The molecule has 0 radical (unpaired) electrons. The van der Waals surface area contributed by atoms with E-state index in [1.165, 1.54) is 0 Å². The van der Waals surface area contributed by atoms with Crippen LogP contribution in [0.1, 0.15) is 24.8 Å². The summed E-state index contributed by atoms with van der Waals surface area (Å²) in [5.41, 5.74) is -3.67. The van der Waals surface area contributed by atoms with Crippen molar-refractivity contribution in [2.75, 3.05) is 0 Å². The first kappa shape index (κ1) is 14.8. The van der Waals surface area contributed by atoms with E-state index in [-0.39, 0.29) is 6.42 Å². The maximum absolute atomic E-state index is 13.7. The van der Waals surface area contributed by atoms with Crippen molar-refractivity contribution in [1.29, 1.82) is 0 Å². The predicted molar refractivity (Wildman–Crippen MR) is 57.5 cm³/mol. The van der Waals surface area contributed by atoms with Crippen molar-refractivity contribution in [2.24, 2.45) is 5.92 Å². The van der Waals surface area contributed by atoms with Gasteiger partial charge in [0.05, 0.1) is 5.97 Å².